The minimum Gasteiger partial charge on any atom is -0.384 e. The summed E-state index contributed by atoms with van der Waals surface area (Å²) < 4.78 is 23.1. The first-order chi connectivity index (χ1) is 9.94. The van der Waals surface area contributed by atoms with Gasteiger partial charge in [-0.3, -0.25) is 4.79 Å². The number of amides is 1. The summed E-state index contributed by atoms with van der Waals surface area (Å²) >= 11 is 0. The molecule has 0 aromatic carbocycles. The zero-order chi connectivity index (χ0) is 15.5. The van der Waals surface area contributed by atoms with Crippen LogP contribution in [-0.4, -0.2) is 60.0 Å². The van der Waals surface area contributed by atoms with Crippen molar-refractivity contribution in [2.75, 3.05) is 24.7 Å². The summed E-state index contributed by atoms with van der Waals surface area (Å²) in [6, 6.07) is 2.91. The minimum atomic E-state index is -3.08. The molecule has 0 saturated carbocycles. The van der Waals surface area contributed by atoms with Gasteiger partial charge in [-0.1, -0.05) is 11.8 Å². The topological polar surface area (TPSA) is 87.6 Å². The Morgan fingerprint density at radius 3 is 3.00 bits per heavy atom. The number of carbonyl (C=O) groups excluding carboxylic acids is 1. The second-order valence-electron chi connectivity index (χ2n) is 4.82. The fourth-order valence-electron chi connectivity index (χ4n) is 2.25. The average Bonchev–Trinajstić information content (AvgIpc) is 2.44. The van der Waals surface area contributed by atoms with E-state index in [0.29, 0.717) is 5.56 Å². The van der Waals surface area contributed by atoms with Crippen LogP contribution in [0.25, 0.3) is 0 Å². The molecule has 112 valence electrons. The van der Waals surface area contributed by atoms with Gasteiger partial charge in [0.2, 0.25) is 0 Å². The lowest BCUT2D eigenvalue weighted by atomic mass is 10.1. The van der Waals surface area contributed by atoms with Crippen LogP contribution in [0.5, 0.6) is 0 Å². The fraction of sp³-hybridized carbons (Fsp3) is 0.429. The Morgan fingerprint density at radius 1 is 1.57 bits per heavy atom. The van der Waals surface area contributed by atoms with Crippen molar-refractivity contribution in [3.8, 4) is 11.8 Å². The molecule has 1 amide bonds. The van der Waals surface area contributed by atoms with Crippen molar-refractivity contribution in [3.63, 3.8) is 0 Å². The number of pyridine rings is 1. The van der Waals surface area contributed by atoms with Crippen LogP contribution in [0.1, 0.15) is 23.0 Å². The summed E-state index contributed by atoms with van der Waals surface area (Å²) in [7, 11) is -3.08. The number of sulfone groups is 1. The zero-order valence-corrected chi connectivity index (χ0v) is 12.4. The summed E-state index contributed by atoms with van der Waals surface area (Å²) in [6.45, 7) is 1.56. The molecule has 1 aromatic heterocycles. The molecule has 2 rings (SSSR count). The highest BCUT2D eigenvalue weighted by atomic mass is 32.2. The maximum Gasteiger partial charge on any atom is 0.274 e. The largest absolute Gasteiger partial charge is 0.384 e. The third kappa shape index (κ3) is 3.60. The van der Waals surface area contributed by atoms with E-state index < -0.39 is 15.9 Å². The Kier molecular flexibility index (Phi) is 4.60. The van der Waals surface area contributed by atoms with Gasteiger partial charge in [0.15, 0.2) is 9.84 Å². The average molecular weight is 308 g/mol. The van der Waals surface area contributed by atoms with Crippen molar-refractivity contribution >= 4 is 15.7 Å². The van der Waals surface area contributed by atoms with Crippen LogP contribution >= 0.6 is 0 Å². The molecule has 1 atom stereocenters. The van der Waals surface area contributed by atoms with E-state index in [4.69, 9.17) is 5.11 Å². The van der Waals surface area contributed by atoms with Crippen LogP contribution in [0.4, 0.5) is 0 Å². The molecule has 1 saturated heterocycles. The van der Waals surface area contributed by atoms with Gasteiger partial charge in [-0.05, 0) is 19.1 Å². The fourth-order valence-corrected chi connectivity index (χ4v) is 3.80. The molecule has 1 aliphatic rings. The molecule has 1 fully saturated rings. The minimum absolute atomic E-state index is 0.0342. The lowest BCUT2D eigenvalue weighted by Gasteiger charge is -2.33. The highest BCUT2D eigenvalue weighted by Crippen LogP contribution is 2.16. The summed E-state index contributed by atoms with van der Waals surface area (Å²) in [5.74, 6) is 4.77. The van der Waals surface area contributed by atoms with E-state index in [9.17, 15) is 13.2 Å². The molecule has 0 spiro atoms. The number of aliphatic hydroxyl groups is 1. The Balaban J connectivity index is 2.29. The summed E-state index contributed by atoms with van der Waals surface area (Å²) in [5, 5.41) is 8.75. The summed E-state index contributed by atoms with van der Waals surface area (Å²) in [5.41, 5.74) is 0.613. The molecular weight excluding hydrogens is 292 g/mol. The first kappa shape index (κ1) is 15.5. The van der Waals surface area contributed by atoms with E-state index in [1.165, 1.54) is 11.1 Å². The second-order valence-corrected chi connectivity index (χ2v) is 7.05. The van der Waals surface area contributed by atoms with Crippen molar-refractivity contribution in [3.05, 3.63) is 29.6 Å². The number of hydrogen-bond acceptors (Lipinski definition) is 5. The van der Waals surface area contributed by atoms with Crippen molar-refractivity contribution in [2.45, 2.75) is 13.0 Å². The van der Waals surface area contributed by atoms with Crippen molar-refractivity contribution in [2.24, 2.45) is 0 Å². The SMILES string of the molecule is CC1CS(=O)(=O)CCN1C(=O)c1ncccc1C#CCO. The number of rotatable bonds is 1. The van der Waals surface area contributed by atoms with Crippen LogP contribution in [0.15, 0.2) is 18.3 Å². The number of nitrogens with zero attached hydrogens (tertiary/aromatic N) is 2. The molecule has 1 N–H and O–H groups in total. The Bertz CT molecular complexity index is 703. The van der Waals surface area contributed by atoms with Gasteiger partial charge in [0.05, 0.1) is 17.1 Å². The number of carbonyl (C=O) groups is 1. The smallest absolute Gasteiger partial charge is 0.274 e. The number of aliphatic hydroxyl groups excluding tert-OH is 1. The molecule has 0 bridgehead atoms. The molecule has 21 heavy (non-hydrogen) atoms. The maximum atomic E-state index is 12.5. The normalized spacial score (nSPS) is 20.5. The van der Waals surface area contributed by atoms with Gasteiger partial charge in [-0.2, -0.15) is 0 Å². The Labute approximate surface area is 123 Å². The second kappa shape index (κ2) is 6.24. The molecule has 7 heteroatoms. The van der Waals surface area contributed by atoms with Crippen LogP contribution in [-0.2, 0) is 9.84 Å². The van der Waals surface area contributed by atoms with Crippen LogP contribution < -0.4 is 0 Å². The van der Waals surface area contributed by atoms with Gasteiger partial charge >= 0.3 is 0 Å². The van der Waals surface area contributed by atoms with E-state index in [1.54, 1.807) is 19.1 Å². The van der Waals surface area contributed by atoms with E-state index in [-0.39, 0.29) is 36.3 Å². The summed E-state index contributed by atoms with van der Waals surface area (Å²) in [4.78, 5) is 18.1. The highest BCUT2D eigenvalue weighted by Gasteiger charge is 2.32. The van der Waals surface area contributed by atoms with Gasteiger partial charge in [0.25, 0.3) is 5.91 Å². The lowest BCUT2D eigenvalue weighted by molar-refractivity contribution is 0.0706. The van der Waals surface area contributed by atoms with Gasteiger partial charge in [0.1, 0.15) is 12.3 Å². The number of hydrogen-bond donors (Lipinski definition) is 1. The van der Waals surface area contributed by atoms with E-state index in [0.717, 1.165) is 0 Å². The maximum absolute atomic E-state index is 12.5. The molecule has 6 nitrogen and oxygen atoms in total. The lowest BCUT2D eigenvalue weighted by Crippen LogP contribution is -2.50. The van der Waals surface area contributed by atoms with Gasteiger partial charge < -0.3 is 10.0 Å². The first-order valence-corrected chi connectivity index (χ1v) is 8.33. The molecule has 1 aromatic rings. The van der Waals surface area contributed by atoms with E-state index in [1.807, 2.05) is 0 Å². The molecular formula is C14H16N2O4S. The standard InChI is InChI=1S/C14H16N2O4S/c1-11-10-21(19,20)9-7-16(11)14(18)13-12(5-3-8-17)4-2-6-15-13/h2,4,6,11,17H,7-10H2,1H3. The van der Waals surface area contributed by atoms with E-state index >= 15 is 0 Å². The predicted octanol–water partition coefficient (Wildman–Crippen LogP) is -0.316. The van der Waals surface area contributed by atoms with Gasteiger partial charge in [-0.15, -0.1) is 0 Å². The predicted molar refractivity (Wildman–Crippen MR) is 77.4 cm³/mol. The molecule has 0 aliphatic carbocycles. The Hall–Kier alpha value is -1.91. The van der Waals surface area contributed by atoms with Crippen LogP contribution in [0, 0.1) is 11.8 Å². The zero-order valence-electron chi connectivity index (χ0n) is 11.6. The monoisotopic (exact) mass is 308 g/mol. The van der Waals surface area contributed by atoms with E-state index in [2.05, 4.69) is 16.8 Å². The third-order valence-corrected chi connectivity index (χ3v) is 5.04. The first-order valence-electron chi connectivity index (χ1n) is 6.51. The Morgan fingerprint density at radius 2 is 2.33 bits per heavy atom. The third-order valence-electron chi connectivity index (χ3n) is 3.24. The van der Waals surface area contributed by atoms with Crippen LogP contribution in [0.2, 0.25) is 0 Å². The van der Waals surface area contributed by atoms with Gasteiger partial charge in [-0.25, -0.2) is 13.4 Å². The highest BCUT2D eigenvalue weighted by molar-refractivity contribution is 7.91. The van der Waals surface area contributed by atoms with Crippen molar-refractivity contribution in [1.82, 2.24) is 9.88 Å². The number of aromatic nitrogens is 1. The van der Waals surface area contributed by atoms with Crippen molar-refractivity contribution < 1.29 is 18.3 Å². The quantitative estimate of drug-likeness (QED) is 0.719. The molecule has 0 radical (unpaired) electrons. The van der Waals surface area contributed by atoms with Crippen LogP contribution in [0.3, 0.4) is 0 Å². The van der Waals surface area contributed by atoms with Crippen molar-refractivity contribution in [1.29, 1.82) is 0 Å². The van der Waals surface area contributed by atoms with Gasteiger partial charge in [0, 0.05) is 18.8 Å². The summed E-state index contributed by atoms with van der Waals surface area (Å²) in [6.07, 6.45) is 1.49. The molecule has 1 unspecified atom stereocenters. The molecule has 2 heterocycles. The molecule has 1 aliphatic heterocycles.